The number of amides is 2. The zero-order chi connectivity index (χ0) is 13.7. The van der Waals surface area contributed by atoms with Gasteiger partial charge in [0.15, 0.2) is 0 Å². The van der Waals surface area contributed by atoms with Gasteiger partial charge in [-0.25, -0.2) is 0 Å². The lowest BCUT2D eigenvalue weighted by atomic mass is 9.85. The third-order valence-electron chi connectivity index (χ3n) is 4.89. The van der Waals surface area contributed by atoms with E-state index in [0.717, 1.165) is 12.8 Å². The van der Waals surface area contributed by atoms with Crippen LogP contribution in [0.3, 0.4) is 0 Å². The van der Waals surface area contributed by atoms with Gasteiger partial charge in [0.25, 0.3) is 0 Å². The van der Waals surface area contributed by atoms with Crippen molar-refractivity contribution in [3.8, 4) is 0 Å². The summed E-state index contributed by atoms with van der Waals surface area (Å²) >= 11 is 0. The van der Waals surface area contributed by atoms with Crippen LogP contribution in [0.1, 0.15) is 26.7 Å². The van der Waals surface area contributed by atoms with Crippen molar-refractivity contribution in [1.29, 1.82) is 0 Å². The third-order valence-corrected chi connectivity index (χ3v) is 4.89. The van der Waals surface area contributed by atoms with E-state index in [9.17, 15) is 9.59 Å². The fourth-order valence-corrected chi connectivity index (χ4v) is 4.14. The average Bonchev–Trinajstić information content (AvgIpc) is 3.01. The Morgan fingerprint density at radius 2 is 1.74 bits per heavy atom. The van der Waals surface area contributed by atoms with Gasteiger partial charge >= 0.3 is 0 Å². The Kier molecular flexibility index (Phi) is 3.01. The van der Waals surface area contributed by atoms with E-state index in [4.69, 9.17) is 5.73 Å². The van der Waals surface area contributed by atoms with E-state index in [1.807, 2.05) is 0 Å². The molecule has 5 atom stereocenters. The molecule has 19 heavy (non-hydrogen) atoms. The van der Waals surface area contributed by atoms with Crippen molar-refractivity contribution >= 4 is 11.8 Å². The van der Waals surface area contributed by atoms with Gasteiger partial charge in [-0.15, -0.1) is 0 Å². The SMILES string of the molecule is CC(C)CC(CN)N1C(=O)C2C3C=CC(C3)C2C1=O. The third kappa shape index (κ3) is 1.76. The van der Waals surface area contributed by atoms with Crippen LogP contribution in [0.25, 0.3) is 0 Å². The summed E-state index contributed by atoms with van der Waals surface area (Å²) in [5.41, 5.74) is 5.80. The van der Waals surface area contributed by atoms with Crippen LogP contribution >= 0.6 is 0 Å². The van der Waals surface area contributed by atoms with Crippen LogP contribution in [0.5, 0.6) is 0 Å². The van der Waals surface area contributed by atoms with Crippen LogP contribution in [-0.4, -0.2) is 29.3 Å². The number of fused-ring (bicyclic) bond motifs is 5. The molecule has 104 valence electrons. The Bertz CT molecular complexity index is 413. The minimum atomic E-state index is -0.120. The van der Waals surface area contributed by atoms with Crippen molar-refractivity contribution < 1.29 is 9.59 Å². The number of carbonyl (C=O) groups is 2. The molecule has 2 aliphatic carbocycles. The van der Waals surface area contributed by atoms with Gasteiger partial charge in [0.05, 0.1) is 17.9 Å². The highest BCUT2D eigenvalue weighted by Crippen LogP contribution is 2.52. The van der Waals surface area contributed by atoms with Gasteiger partial charge in [-0.1, -0.05) is 26.0 Å². The number of carbonyl (C=O) groups excluding carboxylic acids is 2. The maximum Gasteiger partial charge on any atom is 0.234 e. The lowest BCUT2D eigenvalue weighted by molar-refractivity contribution is -0.143. The average molecular weight is 262 g/mol. The van der Waals surface area contributed by atoms with Gasteiger partial charge in [-0.3, -0.25) is 14.5 Å². The Labute approximate surface area is 114 Å². The normalized spacial score (nSPS) is 37.6. The van der Waals surface area contributed by atoms with E-state index in [1.165, 1.54) is 4.90 Å². The molecule has 1 heterocycles. The molecule has 0 radical (unpaired) electrons. The minimum absolute atomic E-state index is 0.0305. The molecule has 1 saturated carbocycles. The van der Waals surface area contributed by atoms with Crippen molar-refractivity contribution in [3.05, 3.63) is 12.2 Å². The van der Waals surface area contributed by atoms with Crippen LogP contribution in [-0.2, 0) is 9.59 Å². The van der Waals surface area contributed by atoms with Gasteiger partial charge in [0.2, 0.25) is 11.8 Å². The van der Waals surface area contributed by atoms with Crippen LogP contribution in [0, 0.1) is 29.6 Å². The number of nitrogens with zero attached hydrogens (tertiary/aromatic N) is 1. The molecular weight excluding hydrogens is 240 g/mol. The summed E-state index contributed by atoms with van der Waals surface area (Å²) in [4.78, 5) is 26.7. The summed E-state index contributed by atoms with van der Waals surface area (Å²) in [5, 5.41) is 0. The lowest BCUT2D eigenvalue weighted by Crippen LogP contribution is -2.46. The van der Waals surface area contributed by atoms with Crippen molar-refractivity contribution in [2.45, 2.75) is 32.7 Å². The highest BCUT2D eigenvalue weighted by molar-refractivity contribution is 6.06. The molecule has 4 heteroatoms. The molecule has 2 amide bonds. The molecule has 2 N–H and O–H groups in total. The maximum absolute atomic E-state index is 12.6. The molecule has 5 unspecified atom stereocenters. The predicted molar refractivity (Wildman–Crippen MR) is 71.9 cm³/mol. The van der Waals surface area contributed by atoms with E-state index >= 15 is 0 Å². The summed E-state index contributed by atoms with van der Waals surface area (Å²) in [7, 11) is 0. The fourth-order valence-electron chi connectivity index (χ4n) is 4.14. The second kappa shape index (κ2) is 4.44. The Morgan fingerprint density at radius 3 is 2.16 bits per heavy atom. The molecule has 0 aromatic rings. The molecule has 0 spiro atoms. The number of nitrogens with two attached hydrogens (primary N) is 1. The van der Waals surface area contributed by atoms with E-state index in [2.05, 4.69) is 26.0 Å². The number of allylic oxidation sites excluding steroid dienone is 2. The van der Waals surface area contributed by atoms with Gasteiger partial charge in [-0.2, -0.15) is 0 Å². The quantitative estimate of drug-likeness (QED) is 0.611. The number of hydrogen-bond acceptors (Lipinski definition) is 3. The first-order valence-corrected chi connectivity index (χ1v) is 7.30. The van der Waals surface area contributed by atoms with Crippen LogP contribution in [0.2, 0.25) is 0 Å². The highest BCUT2D eigenvalue weighted by Gasteiger charge is 2.60. The molecule has 0 aromatic carbocycles. The van der Waals surface area contributed by atoms with Gasteiger partial charge in [-0.05, 0) is 30.6 Å². The van der Waals surface area contributed by atoms with E-state index in [-0.39, 0.29) is 41.5 Å². The molecular formula is C15H22N2O2. The second-order valence-corrected chi connectivity index (χ2v) is 6.57. The van der Waals surface area contributed by atoms with Crippen molar-refractivity contribution in [3.63, 3.8) is 0 Å². The number of likely N-dealkylation sites (tertiary alicyclic amines) is 1. The summed E-state index contributed by atoms with van der Waals surface area (Å²) in [5.74, 6) is 0.880. The largest absolute Gasteiger partial charge is 0.328 e. The van der Waals surface area contributed by atoms with Crippen LogP contribution < -0.4 is 5.73 Å². The summed E-state index contributed by atoms with van der Waals surface area (Å²) < 4.78 is 0. The number of hydrogen-bond donors (Lipinski definition) is 1. The smallest absolute Gasteiger partial charge is 0.234 e. The molecule has 1 saturated heterocycles. The zero-order valence-corrected chi connectivity index (χ0v) is 11.6. The number of imide groups is 1. The Hall–Kier alpha value is -1.16. The van der Waals surface area contributed by atoms with E-state index < -0.39 is 0 Å². The standard InChI is InChI=1S/C15H22N2O2/c1-8(2)5-11(7-16)17-14(18)12-9-3-4-10(6-9)13(12)15(17)19/h3-4,8-13H,5-7,16H2,1-2H3. The van der Waals surface area contributed by atoms with Crippen molar-refractivity contribution in [2.24, 2.45) is 35.3 Å². The first kappa shape index (κ1) is 12.9. The molecule has 2 fully saturated rings. The van der Waals surface area contributed by atoms with Crippen LogP contribution in [0.15, 0.2) is 12.2 Å². The Morgan fingerprint density at radius 1 is 1.21 bits per heavy atom. The monoisotopic (exact) mass is 262 g/mol. The summed E-state index contributed by atoms with van der Waals surface area (Å²) in [6.07, 6.45) is 6.04. The molecule has 0 aromatic heterocycles. The first-order valence-electron chi connectivity index (χ1n) is 7.30. The lowest BCUT2D eigenvalue weighted by Gasteiger charge is -2.28. The summed E-state index contributed by atoms with van der Waals surface area (Å²) in [6.45, 7) is 4.57. The molecule has 3 aliphatic rings. The van der Waals surface area contributed by atoms with E-state index in [1.54, 1.807) is 0 Å². The van der Waals surface area contributed by atoms with Gasteiger partial charge in [0.1, 0.15) is 0 Å². The molecule has 1 aliphatic heterocycles. The van der Waals surface area contributed by atoms with Gasteiger partial charge < -0.3 is 5.73 Å². The maximum atomic E-state index is 12.6. The van der Waals surface area contributed by atoms with E-state index in [0.29, 0.717) is 12.5 Å². The van der Waals surface area contributed by atoms with Crippen molar-refractivity contribution in [2.75, 3.05) is 6.54 Å². The fraction of sp³-hybridized carbons (Fsp3) is 0.733. The Balaban J connectivity index is 1.85. The molecule has 2 bridgehead atoms. The van der Waals surface area contributed by atoms with Crippen LogP contribution in [0.4, 0.5) is 0 Å². The molecule has 4 nitrogen and oxygen atoms in total. The minimum Gasteiger partial charge on any atom is -0.328 e. The second-order valence-electron chi connectivity index (χ2n) is 6.57. The predicted octanol–water partition coefficient (Wildman–Crippen LogP) is 1.17. The molecule has 3 rings (SSSR count). The number of rotatable bonds is 4. The topological polar surface area (TPSA) is 63.4 Å². The highest BCUT2D eigenvalue weighted by atomic mass is 16.2. The van der Waals surface area contributed by atoms with Crippen molar-refractivity contribution in [1.82, 2.24) is 4.90 Å². The summed E-state index contributed by atoms with van der Waals surface area (Å²) in [6, 6.07) is -0.120. The van der Waals surface area contributed by atoms with Gasteiger partial charge in [0, 0.05) is 6.54 Å². The first-order chi connectivity index (χ1) is 9.04. The zero-order valence-electron chi connectivity index (χ0n) is 11.6.